The minimum Gasteiger partial charge on any atom is -0.466 e. The van der Waals surface area contributed by atoms with E-state index in [-0.39, 0.29) is 23.9 Å². The van der Waals surface area contributed by atoms with Crippen molar-refractivity contribution in [3.05, 3.63) is 57.5 Å². The van der Waals surface area contributed by atoms with E-state index < -0.39 is 4.92 Å². The molecule has 1 aliphatic rings. The summed E-state index contributed by atoms with van der Waals surface area (Å²) < 4.78 is 5.49. The molecule has 3 rings (SSSR count). The van der Waals surface area contributed by atoms with Crippen LogP contribution in [0.15, 0.2) is 34.7 Å². The fraction of sp³-hybridized carbons (Fsp3) is 0.478. The fourth-order valence-corrected chi connectivity index (χ4v) is 3.99. The molecule has 0 radical (unpaired) electrons. The number of aryl methyl sites for hydroxylation is 2. The van der Waals surface area contributed by atoms with E-state index in [0.717, 1.165) is 12.1 Å². The van der Waals surface area contributed by atoms with Crippen LogP contribution in [0.3, 0.4) is 0 Å². The largest absolute Gasteiger partial charge is 0.466 e. The summed E-state index contributed by atoms with van der Waals surface area (Å²) >= 11 is 0. The van der Waals surface area contributed by atoms with Gasteiger partial charge in [-0.1, -0.05) is 6.92 Å². The Labute approximate surface area is 187 Å². The third-order valence-corrected chi connectivity index (χ3v) is 5.71. The lowest BCUT2D eigenvalue weighted by Gasteiger charge is -2.36. The fourth-order valence-electron chi connectivity index (χ4n) is 3.99. The Morgan fingerprint density at radius 1 is 1.09 bits per heavy atom. The lowest BCUT2D eigenvalue weighted by Crippen LogP contribution is -2.49. The minimum atomic E-state index is -0.415. The Morgan fingerprint density at radius 3 is 2.28 bits per heavy atom. The highest BCUT2D eigenvalue weighted by Gasteiger charge is 2.24. The number of anilines is 1. The number of nitro benzene ring substituents is 1. The first-order valence-electron chi connectivity index (χ1n) is 10.9. The van der Waals surface area contributed by atoms with Gasteiger partial charge in [-0.05, 0) is 38.5 Å². The van der Waals surface area contributed by atoms with E-state index >= 15 is 0 Å². The molecule has 0 bridgehead atoms. The SMILES string of the molecule is CCCN(CCC(=O)N1CCN(c2ccc([N+](=O)[O-])cc2)CC1)C(=O)c1cc(C)oc1C. The molecule has 9 heteroatoms. The molecule has 1 aromatic heterocycles. The first-order valence-corrected chi connectivity index (χ1v) is 10.9. The van der Waals surface area contributed by atoms with E-state index in [9.17, 15) is 19.7 Å². The molecule has 0 N–H and O–H groups in total. The number of nitrogens with zero attached hydrogens (tertiary/aromatic N) is 4. The second-order valence-corrected chi connectivity index (χ2v) is 8.01. The monoisotopic (exact) mass is 442 g/mol. The molecule has 2 amide bonds. The molecule has 0 aliphatic carbocycles. The van der Waals surface area contributed by atoms with E-state index in [1.807, 2.05) is 18.7 Å². The van der Waals surface area contributed by atoms with Crippen LogP contribution in [0, 0.1) is 24.0 Å². The van der Waals surface area contributed by atoms with Crippen LogP contribution < -0.4 is 4.90 Å². The van der Waals surface area contributed by atoms with E-state index in [0.29, 0.717) is 56.4 Å². The lowest BCUT2D eigenvalue weighted by atomic mass is 10.2. The van der Waals surface area contributed by atoms with Crippen molar-refractivity contribution in [1.82, 2.24) is 9.80 Å². The Hall–Kier alpha value is -3.36. The molecular weight excluding hydrogens is 412 g/mol. The molecule has 1 fully saturated rings. The van der Waals surface area contributed by atoms with Gasteiger partial charge in [0.2, 0.25) is 5.91 Å². The predicted molar refractivity (Wildman–Crippen MR) is 121 cm³/mol. The molecule has 172 valence electrons. The molecule has 0 unspecified atom stereocenters. The number of hydrogen-bond acceptors (Lipinski definition) is 6. The van der Waals surface area contributed by atoms with Gasteiger partial charge >= 0.3 is 0 Å². The molecule has 2 heterocycles. The molecular formula is C23H30N4O5. The number of carbonyl (C=O) groups excluding carboxylic acids is 2. The van der Waals surface area contributed by atoms with Gasteiger partial charge in [-0.25, -0.2) is 0 Å². The average Bonchev–Trinajstić information content (AvgIpc) is 3.13. The number of piperazine rings is 1. The molecule has 0 spiro atoms. The summed E-state index contributed by atoms with van der Waals surface area (Å²) in [5, 5.41) is 10.8. The maximum absolute atomic E-state index is 12.9. The molecule has 9 nitrogen and oxygen atoms in total. The van der Waals surface area contributed by atoms with Crippen molar-refractivity contribution < 1.29 is 18.9 Å². The van der Waals surface area contributed by atoms with Crippen molar-refractivity contribution in [3.8, 4) is 0 Å². The Kier molecular flexibility index (Phi) is 7.50. The Bertz CT molecular complexity index is 961. The van der Waals surface area contributed by atoms with Gasteiger partial charge in [0.1, 0.15) is 11.5 Å². The minimum absolute atomic E-state index is 0.0300. The number of benzene rings is 1. The molecule has 2 aromatic rings. The molecule has 1 saturated heterocycles. The smallest absolute Gasteiger partial charge is 0.269 e. The van der Waals surface area contributed by atoms with Crippen LogP contribution in [-0.4, -0.2) is 65.8 Å². The van der Waals surface area contributed by atoms with Crippen molar-refractivity contribution in [2.45, 2.75) is 33.6 Å². The number of rotatable bonds is 8. The number of nitro groups is 1. The maximum atomic E-state index is 12.9. The van der Waals surface area contributed by atoms with E-state index in [4.69, 9.17) is 4.42 Å². The van der Waals surface area contributed by atoms with E-state index in [1.165, 1.54) is 12.1 Å². The van der Waals surface area contributed by atoms with Crippen LogP contribution in [-0.2, 0) is 4.79 Å². The summed E-state index contributed by atoms with van der Waals surface area (Å²) in [6.07, 6.45) is 1.09. The molecule has 0 atom stereocenters. The zero-order valence-corrected chi connectivity index (χ0v) is 18.9. The average molecular weight is 443 g/mol. The summed E-state index contributed by atoms with van der Waals surface area (Å²) in [7, 11) is 0. The van der Waals surface area contributed by atoms with Gasteiger partial charge in [0, 0.05) is 63.5 Å². The third-order valence-electron chi connectivity index (χ3n) is 5.71. The van der Waals surface area contributed by atoms with Crippen LogP contribution in [0.25, 0.3) is 0 Å². The number of non-ortho nitro benzene ring substituents is 1. The van der Waals surface area contributed by atoms with Gasteiger partial charge in [-0.2, -0.15) is 0 Å². The summed E-state index contributed by atoms with van der Waals surface area (Å²) in [6.45, 7) is 9.04. The van der Waals surface area contributed by atoms with Gasteiger partial charge in [-0.3, -0.25) is 19.7 Å². The first kappa shape index (κ1) is 23.3. The van der Waals surface area contributed by atoms with Crippen molar-refractivity contribution in [3.63, 3.8) is 0 Å². The second kappa shape index (κ2) is 10.3. The number of carbonyl (C=O) groups is 2. The molecule has 32 heavy (non-hydrogen) atoms. The van der Waals surface area contributed by atoms with Crippen molar-refractivity contribution in [2.75, 3.05) is 44.2 Å². The van der Waals surface area contributed by atoms with Crippen LogP contribution >= 0.6 is 0 Å². The zero-order chi connectivity index (χ0) is 23.3. The molecule has 1 aliphatic heterocycles. The lowest BCUT2D eigenvalue weighted by molar-refractivity contribution is -0.384. The van der Waals surface area contributed by atoms with Crippen LogP contribution in [0.2, 0.25) is 0 Å². The van der Waals surface area contributed by atoms with Gasteiger partial charge in [-0.15, -0.1) is 0 Å². The van der Waals surface area contributed by atoms with Crippen LogP contribution in [0.5, 0.6) is 0 Å². The topological polar surface area (TPSA) is 100 Å². The summed E-state index contributed by atoms with van der Waals surface area (Å²) in [6, 6.07) is 8.22. The quantitative estimate of drug-likeness (QED) is 0.459. The van der Waals surface area contributed by atoms with E-state index in [2.05, 4.69) is 4.90 Å². The van der Waals surface area contributed by atoms with E-state index in [1.54, 1.807) is 30.0 Å². The van der Waals surface area contributed by atoms with Gasteiger partial charge < -0.3 is 19.1 Å². The Morgan fingerprint density at radius 2 is 1.75 bits per heavy atom. The van der Waals surface area contributed by atoms with Crippen LogP contribution in [0.1, 0.15) is 41.6 Å². The summed E-state index contributed by atoms with van der Waals surface area (Å²) in [5.41, 5.74) is 1.53. The molecule has 1 aromatic carbocycles. The maximum Gasteiger partial charge on any atom is 0.269 e. The highest BCUT2D eigenvalue weighted by Crippen LogP contribution is 2.21. The first-order chi connectivity index (χ1) is 15.3. The summed E-state index contributed by atoms with van der Waals surface area (Å²) in [4.78, 5) is 41.8. The normalized spacial score (nSPS) is 13.8. The van der Waals surface area contributed by atoms with Crippen LogP contribution in [0.4, 0.5) is 11.4 Å². The van der Waals surface area contributed by atoms with Crippen molar-refractivity contribution in [1.29, 1.82) is 0 Å². The summed E-state index contributed by atoms with van der Waals surface area (Å²) in [5.74, 6) is 1.23. The van der Waals surface area contributed by atoms with Crippen molar-refractivity contribution in [2.24, 2.45) is 0 Å². The third kappa shape index (κ3) is 5.46. The Balaban J connectivity index is 1.52. The number of furan rings is 1. The van der Waals surface area contributed by atoms with Gasteiger partial charge in [0.25, 0.3) is 11.6 Å². The molecule has 0 saturated carbocycles. The van der Waals surface area contributed by atoms with Gasteiger partial charge in [0.05, 0.1) is 10.5 Å². The number of amides is 2. The second-order valence-electron chi connectivity index (χ2n) is 8.01. The predicted octanol–water partition coefficient (Wildman–Crippen LogP) is 3.40. The highest BCUT2D eigenvalue weighted by atomic mass is 16.6. The van der Waals surface area contributed by atoms with Crippen molar-refractivity contribution >= 4 is 23.2 Å². The zero-order valence-electron chi connectivity index (χ0n) is 18.9. The number of hydrogen-bond donors (Lipinski definition) is 0. The standard InChI is InChI=1S/C23H30N4O5/c1-4-10-26(23(29)21-16-17(2)32-18(21)3)11-9-22(28)25-14-12-24(13-15-25)19-5-7-20(8-6-19)27(30)31/h5-8,16H,4,9-15H2,1-3H3. The highest BCUT2D eigenvalue weighted by molar-refractivity contribution is 5.95. The van der Waals surface area contributed by atoms with Gasteiger partial charge in [0.15, 0.2) is 0 Å².